The minimum Gasteiger partial charge on any atom is -0.444 e. The molecule has 1 aromatic heterocycles. The van der Waals surface area contributed by atoms with E-state index in [1.54, 1.807) is 6.07 Å². The van der Waals surface area contributed by atoms with Gasteiger partial charge in [0, 0.05) is 31.7 Å². The molecule has 26 heavy (non-hydrogen) atoms. The van der Waals surface area contributed by atoms with Crippen molar-refractivity contribution in [3.05, 3.63) is 57.5 Å². The maximum atomic E-state index is 12.2. The monoisotopic (exact) mass is 420 g/mol. The van der Waals surface area contributed by atoms with Crippen LogP contribution in [0.3, 0.4) is 0 Å². The van der Waals surface area contributed by atoms with Crippen LogP contribution in [-0.4, -0.2) is 36.1 Å². The zero-order valence-electron chi connectivity index (χ0n) is 15.4. The maximum Gasteiger partial charge on any atom is 0.287 e. The van der Waals surface area contributed by atoms with Crippen LogP contribution in [0.1, 0.15) is 41.1 Å². The van der Waals surface area contributed by atoms with Crippen LogP contribution in [0.4, 0.5) is 0 Å². The number of rotatable bonds is 5. The van der Waals surface area contributed by atoms with Crippen LogP contribution < -0.4 is 5.32 Å². The Bertz CT molecular complexity index is 747. The van der Waals surface area contributed by atoms with Crippen LogP contribution in [0.25, 0.3) is 0 Å². The van der Waals surface area contributed by atoms with Gasteiger partial charge in [0.1, 0.15) is 0 Å². The highest BCUT2D eigenvalue weighted by Gasteiger charge is 2.22. The van der Waals surface area contributed by atoms with Crippen molar-refractivity contribution >= 4 is 21.8 Å². The summed E-state index contributed by atoms with van der Waals surface area (Å²) in [5.74, 6) is 0.151. The fourth-order valence-corrected chi connectivity index (χ4v) is 3.87. The van der Waals surface area contributed by atoms with Crippen molar-refractivity contribution in [2.75, 3.05) is 13.1 Å². The molecule has 1 aliphatic heterocycles. The van der Waals surface area contributed by atoms with Crippen LogP contribution in [0.15, 0.2) is 39.4 Å². The zero-order chi connectivity index (χ0) is 18.7. The second-order valence-corrected chi connectivity index (χ2v) is 7.79. The molecule has 3 rings (SSSR count). The Morgan fingerprint density at radius 3 is 2.38 bits per heavy atom. The van der Waals surface area contributed by atoms with E-state index in [-0.39, 0.29) is 18.1 Å². The molecule has 5 nitrogen and oxygen atoms in total. The Kier molecular flexibility index (Phi) is 6.16. The molecule has 1 aliphatic rings. The first-order valence-electron chi connectivity index (χ1n) is 8.90. The number of hydrogen-bond acceptors (Lipinski definition) is 4. The number of carbonyl (C=O) groups is 1. The van der Waals surface area contributed by atoms with Crippen LogP contribution in [0.2, 0.25) is 0 Å². The third kappa shape index (κ3) is 4.96. The summed E-state index contributed by atoms with van der Waals surface area (Å²) in [5, 5.41) is 2.90. The highest BCUT2D eigenvalue weighted by Crippen LogP contribution is 2.19. The summed E-state index contributed by atoms with van der Waals surface area (Å²) >= 11 is 3.24. The molecule has 2 aromatic rings. The van der Waals surface area contributed by atoms with Gasteiger partial charge in [-0.05, 0) is 53.9 Å². The highest BCUT2D eigenvalue weighted by atomic mass is 79.9. The van der Waals surface area contributed by atoms with Gasteiger partial charge in [0.2, 0.25) is 0 Å². The fraction of sp³-hybridized carbons (Fsp3) is 0.450. The summed E-state index contributed by atoms with van der Waals surface area (Å²) in [7, 11) is 0. The van der Waals surface area contributed by atoms with Gasteiger partial charge < -0.3 is 14.5 Å². The van der Waals surface area contributed by atoms with E-state index in [1.165, 1.54) is 5.56 Å². The Balaban J connectivity index is 1.53. The first-order valence-corrected chi connectivity index (χ1v) is 9.70. The van der Waals surface area contributed by atoms with Crippen LogP contribution in [0, 0.1) is 6.92 Å². The summed E-state index contributed by atoms with van der Waals surface area (Å²) in [5.41, 5.74) is 3.15. The van der Waals surface area contributed by atoms with E-state index in [2.05, 4.69) is 64.3 Å². The number of aryl methyl sites for hydroxylation is 1. The Labute approximate surface area is 162 Å². The lowest BCUT2D eigenvalue weighted by atomic mass is 10.1. The number of carbonyl (C=O) groups excluding carboxylic acids is 1. The molecular formula is C20H25BrN2O3. The predicted molar refractivity (Wildman–Crippen MR) is 104 cm³/mol. The molecule has 0 aliphatic carbocycles. The zero-order valence-corrected chi connectivity index (χ0v) is 17.0. The van der Waals surface area contributed by atoms with Crippen molar-refractivity contribution in [2.45, 2.75) is 46.1 Å². The summed E-state index contributed by atoms with van der Waals surface area (Å²) in [6.07, 6.45) is 0.552. The van der Waals surface area contributed by atoms with Crippen molar-refractivity contribution in [1.29, 1.82) is 0 Å². The number of amides is 1. The van der Waals surface area contributed by atoms with E-state index in [1.807, 2.05) is 6.92 Å². The number of nitrogens with one attached hydrogen (secondary N) is 1. The third-order valence-electron chi connectivity index (χ3n) is 4.47. The smallest absolute Gasteiger partial charge is 0.287 e. The molecule has 0 spiro atoms. The van der Waals surface area contributed by atoms with E-state index in [4.69, 9.17) is 9.15 Å². The Hall–Kier alpha value is -1.63. The topological polar surface area (TPSA) is 54.7 Å². The minimum atomic E-state index is -0.200. The summed E-state index contributed by atoms with van der Waals surface area (Å²) in [6.45, 7) is 9.40. The normalized spacial score (nSPS) is 20.9. The first kappa shape index (κ1) is 19.1. The van der Waals surface area contributed by atoms with Crippen molar-refractivity contribution in [3.63, 3.8) is 0 Å². The number of halogens is 1. The molecule has 1 N–H and O–H groups in total. The number of benzene rings is 1. The minimum absolute atomic E-state index is 0.200. The van der Waals surface area contributed by atoms with Gasteiger partial charge in [-0.1, -0.05) is 24.3 Å². The second-order valence-electron chi connectivity index (χ2n) is 7.01. The molecule has 0 bridgehead atoms. The largest absolute Gasteiger partial charge is 0.444 e. The average Bonchev–Trinajstić information content (AvgIpc) is 2.91. The van der Waals surface area contributed by atoms with Crippen molar-refractivity contribution in [3.8, 4) is 0 Å². The summed E-state index contributed by atoms with van der Waals surface area (Å²) in [4.78, 5) is 14.6. The van der Waals surface area contributed by atoms with Gasteiger partial charge in [-0.15, -0.1) is 0 Å². The number of ether oxygens (including phenoxy) is 1. The summed E-state index contributed by atoms with van der Waals surface area (Å²) in [6, 6.07) is 10.2. The maximum absolute atomic E-state index is 12.2. The van der Waals surface area contributed by atoms with E-state index >= 15 is 0 Å². The first-order chi connectivity index (χ1) is 12.4. The second kappa shape index (κ2) is 8.37. The Morgan fingerprint density at radius 2 is 1.81 bits per heavy atom. The van der Waals surface area contributed by atoms with Gasteiger partial charge in [-0.25, -0.2) is 0 Å². The van der Waals surface area contributed by atoms with Crippen molar-refractivity contribution in [1.82, 2.24) is 10.2 Å². The van der Waals surface area contributed by atoms with Gasteiger partial charge in [0.05, 0.1) is 12.2 Å². The van der Waals surface area contributed by atoms with E-state index in [0.717, 1.165) is 30.8 Å². The predicted octanol–water partition coefficient (Wildman–Crippen LogP) is 3.89. The molecular weight excluding hydrogens is 396 g/mol. The molecule has 2 heterocycles. The lowest BCUT2D eigenvalue weighted by Crippen LogP contribution is -2.44. The quantitative estimate of drug-likeness (QED) is 0.796. The fourth-order valence-electron chi connectivity index (χ4n) is 3.37. The van der Waals surface area contributed by atoms with Crippen LogP contribution in [0.5, 0.6) is 0 Å². The SMILES string of the molecule is Cc1cc(Br)oc1C(=O)NCc1ccc(CN2CC(C)OC(C)C2)cc1. The molecule has 0 saturated carbocycles. The molecule has 1 fully saturated rings. The van der Waals surface area contributed by atoms with E-state index in [9.17, 15) is 4.79 Å². The number of hydrogen-bond donors (Lipinski definition) is 1. The van der Waals surface area contributed by atoms with Crippen molar-refractivity contribution < 1.29 is 13.9 Å². The average molecular weight is 421 g/mol. The molecule has 0 radical (unpaired) electrons. The number of furan rings is 1. The number of nitrogens with zero attached hydrogens (tertiary/aromatic N) is 1. The molecule has 1 amide bonds. The number of morpholine rings is 1. The lowest BCUT2D eigenvalue weighted by Gasteiger charge is -2.35. The van der Waals surface area contributed by atoms with Gasteiger partial charge in [-0.2, -0.15) is 0 Å². The van der Waals surface area contributed by atoms with Gasteiger partial charge in [-0.3, -0.25) is 9.69 Å². The molecule has 1 saturated heterocycles. The Morgan fingerprint density at radius 1 is 1.19 bits per heavy atom. The van der Waals surface area contributed by atoms with Crippen LogP contribution >= 0.6 is 15.9 Å². The molecule has 2 unspecified atom stereocenters. The molecule has 2 atom stereocenters. The van der Waals surface area contributed by atoms with Gasteiger partial charge in [0.15, 0.2) is 10.4 Å². The van der Waals surface area contributed by atoms with E-state index in [0.29, 0.717) is 17.0 Å². The molecule has 1 aromatic carbocycles. The van der Waals surface area contributed by atoms with Gasteiger partial charge in [0.25, 0.3) is 5.91 Å². The van der Waals surface area contributed by atoms with Crippen molar-refractivity contribution in [2.24, 2.45) is 0 Å². The van der Waals surface area contributed by atoms with Gasteiger partial charge >= 0.3 is 0 Å². The third-order valence-corrected chi connectivity index (χ3v) is 4.86. The molecule has 140 valence electrons. The standard InChI is InChI=1S/C20H25BrN2O3/c1-13-8-18(21)26-19(13)20(24)22-9-16-4-6-17(7-5-16)12-23-10-14(2)25-15(3)11-23/h4-8,14-15H,9-12H2,1-3H3,(H,22,24). The van der Waals surface area contributed by atoms with E-state index < -0.39 is 0 Å². The van der Waals surface area contributed by atoms with Crippen LogP contribution in [-0.2, 0) is 17.8 Å². The molecule has 6 heteroatoms. The lowest BCUT2D eigenvalue weighted by molar-refractivity contribution is -0.0704. The summed E-state index contributed by atoms with van der Waals surface area (Å²) < 4.78 is 11.7. The highest BCUT2D eigenvalue weighted by molar-refractivity contribution is 9.10.